The van der Waals surface area contributed by atoms with Crippen LogP contribution in [0.3, 0.4) is 0 Å². The van der Waals surface area contributed by atoms with Gasteiger partial charge in [0.05, 0.1) is 5.69 Å². The Morgan fingerprint density at radius 1 is 1.26 bits per heavy atom. The first-order valence-electron chi connectivity index (χ1n) is 8.14. The fourth-order valence-electron chi connectivity index (χ4n) is 2.13. The fourth-order valence-corrected chi connectivity index (χ4v) is 2.13. The van der Waals surface area contributed by atoms with Gasteiger partial charge in [-0.1, -0.05) is 17.7 Å². The number of hydrogen-bond donors (Lipinski definition) is 2. The summed E-state index contributed by atoms with van der Waals surface area (Å²) in [5, 5.41) is 6.53. The number of hydrogen-bond acceptors (Lipinski definition) is 3. The summed E-state index contributed by atoms with van der Waals surface area (Å²) in [6.07, 6.45) is 2.47. The minimum Gasteiger partial charge on any atom is -0.444 e. The first-order valence-corrected chi connectivity index (χ1v) is 8.14. The Morgan fingerprint density at radius 2 is 2.00 bits per heavy atom. The Bertz CT molecular complexity index is 629. The molecular weight excluding hydrogens is 288 g/mol. The summed E-state index contributed by atoms with van der Waals surface area (Å²) >= 11 is 0. The normalized spacial score (nSPS) is 11.8. The highest BCUT2D eigenvalue weighted by Crippen LogP contribution is 2.19. The zero-order valence-electron chi connectivity index (χ0n) is 14.4. The van der Waals surface area contributed by atoms with Crippen LogP contribution < -0.4 is 10.6 Å². The Hall–Kier alpha value is -2.30. The van der Waals surface area contributed by atoms with Crippen LogP contribution in [0.25, 0.3) is 11.5 Å². The summed E-state index contributed by atoms with van der Waals surface area (Å²) in [4.78, 5) is 9.09. The highest BCUT2D eigenvalue weighted by Gasteiger charge is 2.06. The van der Waals surface area contributed by atoms with Crippen molar-refractivity contribution in [3.63, 3.8) is 0 Å². The van der Waals surface area contributed by atoms with Crippen molar-refractivity contribution in [2.75, 3.05) is 13.1 Å². The molecule has 0 unspecified atom stereocenters. The van der Waals surface area contributed by atoms with E-state index in [4.69, 9.17) is 4.42 Å². The average molecular weight is 314 g/mol. The molecule has 0 atom stereocenters. The van der Waals surface area contributed by atoms with Crippen LogP contribution in [0.5, 0.6) is 0 Å². The summed E-state index contributed by atoms with van der Waals surface area (Å²) in [6.45, 7) is 9.83. The molecule has 0 radical (unpaired) electrons. The second-order valence-corrected chi connectivity index (χ2v) is 5.82. The molecule has 0 amide bonds. The van der Waals surface area contributed by atoms with Crippen molar-refractivity contribution in [3.8, 4) is 11.5 Å². The molecule has 0 saturated carbocycles. The molecule has 2 rings (SSSR count). The van der Waals surface area contributed by atoms with Crippen molar-refractivity contribution in [3.05, 3.63) is 41.8 Å². The number of oxazole rings is 1. The van der Waals surface area contributed by atoms with Gasteiger partial charge < -0.3 is 15.1 Å². The summed E-state index contributed by atoms with van der Waals surface area (Å²) in [5.74, 6) is 1.50. The van der Waals surface area contributed by atoms with Gasteiger partial charge >= 0.3 is 0 Å². The first-order chi connectivity index (χ1) is 11.1. The number of benzene rings is 1. The molecule has 0 spiro atoms. The molecule has 0 aliphatic heterocycles. The maximum atomic E-state index is 5.57. The Morgan fingerprint density at radius 3 is 2.65 bits per heavy atom. The molecule has 2 N–H and O–H groups in total. The predicted molar refractivity (Wildman–Crippen MR) is 94.6 cm³/mol. The molecule has 0 fully saturated rings. The summed E-state index contributed by atoms with van der Waals surface area (Å²) < 4.78 is 5.57. The number of aliphatic imine (C=N–C) groups is 1. The molecular formula is C18H26N4O. The molecule has 5 nitrogen and oxygen atoms in total. The molecule has 5 heteroatoms. The van der Waals surface area contributed by atoms with Gasteiger partial charge in [0.1, 0.15) is 6.26 Å². The number of nitrogens with zero attached hydrogens (tertiary/aromatic N) is 2. The molecule has 23 heavy (non-hydrogen) atoms. The number of rotatable bonds is 6. The van der Waals surface area contributed by atoms with Gasteiger partial charge in [-0.15, -0.1) is 0 Å². The summed E-state index contributed by atoms with van der Waals surface area (Å²) in [7, 11) is 0. The highest BCUT2D eigenvalue weighted by atomic mass is 16.3. The lowest BCUT2D eigenvalue weighted by Gasteiger charge is -2.13. The van der Waals surface area contributed by atoms with E-state index in [1.54, 1.807) is 6.26 Å². The molecule has 0 saturated heterocycles. The molecule has 1 aromatic heterocycles. The van der Waals surface area contributed by atoms with Crippen LogP contribution in [0, 0.1) is 6.92 Å². The van der Waals surface area contributed by atoms with Crippen molar-refractivity contribution < 1.29 is 4.42 Å². The molecule has 2 aromatic rings. The Kier molecular flexibility index (Phi) is 6.20. The zero-order chi connectivity index (χ0) is 16.7. The van der Waals surface area contributed by atoms with Crippen molar-refractivity contribution in [1.29, 1.82) is 0 Å². The number of guanidine groups is 1. The van der Waals surface area contributed by atoms with Gasteiger partial charge in [-0.05, 0) is 39.8 Å². The predicted octanol–water partition coefficient (Wildman–Crippen LogP) is 3.16. The van der Waals surface area contributed by atoms with Crippen molar-refractivity contribution in [1.82, 2.24) is 15.6 Å². The lowest BCUT2D eigenvalue weighted by Crippen LogP contribution is -2.41. The van der Waals surface area contributed by atoms with E-state index >= 15 is 0 Å². The third kappa shape index (κ3) is 5.43. The zero-order valence-corrected chi connectivity index (χ0v) is 14.4. The highest BCUT2D eigenvalue weighted by molar-refractivity contribution is 5.79. The average Bonchev–Trinajstić information content (AvgIpc) is 2.96. The van der Waals surface area contributed by atoms with E-state index in [0.717, 1.165) is 30.2 Å². The fraction of sp³-hybridized carbons (Fsp3) is 0.444. The van der Waals surface area contributed by atoms with E-state index in [2.05, 4.69) is 60.4 Å². The monoisotopic (exact) mass is 314 g/mol. The number of aryl methyl sites for hydroxylation is 1. The van der Waals surface area contributed by atoms with Gasteiger partial charge in [0, 0.05) is 31.1 Å². The van der Waals surface area contributed by atoms with Gasteiger partial charge in [-0.2, -0.15) is 0 Å². The van der Waals surface area contributed by atoms with Crippen LogP contribution in [-0.2, 0) is 6.42 Å². The lowest BCUT2D eigenvalue weighted by atomic mass is 10.1. The number of aromatic nitrogens is 1. The molecule has 1 heterocycles. The second-order valence-electron chi connectivity index (χ2n) is 5.82. The van der Waals surface area contributed by atoms with E-state index in [-0.39, 0.29) is 0 Å². The van der Waals surface area contributed by atoms with Gasteiger partial charge in [0.25, 0.3) is 0 Å². The van der Waals surface area contributed by atoms with Crippen LogP contribution >= 0.6 is 0 Å². The van der Waals surface area contributed by atoms with Crippen LogP contribution in [0.2, 0.25) is 0 Å². The summed E-state index contributed by atoms with van der Waals surface area (Å²) in [5.41, 5.74) is 3.15. The van der Waals surface area contributed by atoms with E-state index in [1.165, 1.54) is 5.56 Å². The van der Waals surface area contributed by atoms with Gasteiger partial charge in [-0.3, -0.25) is 4.99 Å². The SMILES string of the molecule is CCNC(=NCCc1coc(-c2ccc(C)cc2)n1)NC(C)C. The van der Waals surface area contributed by atoms with Crippen LogP contribution in [0.4, 0.5) is 0 Å². The molecule has 124 valence electrons. The lowest BCUT2D eigenvalue weighted by molar-refractivity contribution is 0.572. The summed E-state index contributed by atoms with van der Waals surface area (Å²) in [6, 6.07) is 8.53. The van der Waals surface area contributed by atoms with Crippen molar-refractivity contribution in [2.24, 2.45) is 4.99 Å². The number of nitrogens with one attached hydrogen (secondary N) is 2. The largest absolute Gasteiger partial charge is 0.444 e. The third-order valence-corrected chi connectivity index (χ3v) is 3.26. The minimum absolute atomic E-state index is 0.355. The van der Waals surface area contributed by atoms with E-state index in [9.17, 15) is 0 Å². The van der Waals surface area contributed by atoms with E-state index < -0.39 is 0 Å². The molecule has 0 aliphatic carbocycles. The first kappa shape index (κ1) is 17.1. The Balaban J connectivity index is 1.94. The maximum Gasteiger partial charge on any atom is 0.226 e. The van der Waals surface area contributed by atoms with E-state index in [0.29, 0.717) is 18.5 Å². The van der Waals surface area contributed by atoms with Crippen molar-refractivity contribution in [2.45, 2.75) is 40.2 Å². The molecule has 1 aromatic carbocycles. The van der Waals surface area contributed by atoms with E-state index in [1.807, 2.05) is 12.1 Å². The molecule has 0 aliphatic rings. The second kappa shape index (κ2) is 8.36. The van der Waals surface area contributed by atoms with Crippen LogP contribution in [-0.4, -0.2) is 30.1 Å². The smallest absolute Gasteiger partial charge is 0.226 e. The standard InChI is InChI=1S/C18H26N4O/c1-5-19-18(21-13(2)3)20-11-10-16-12-23-17(22-16)15-8-6-14(4)7-9-15/h6-9,12-13H,5,10-11H2,1-4H3,(H2,19,20,21). The third-order valence-electron chi connectivity index (χ3n) is 3.26. The van der Waals surface area contributed by atoms with Gasteiger partial charge in [-0.25, -0.2) is 4.98 Å². The Labute approximate surface area is 138 Å². The van der Waals surface area contributed by atoms with Gasteiger partial charge in [0.15, 0.2) is 5.96 Å². The minimum atomic E-state index is 0.355. The van der Waals surface area contributed by atoms with Crippen molar-refractivity contribution >= 4 is 5.96 Å². The van der Waals surface area contributed by atoms with Crippen LogP contribution in [0.15, 0.2) is 39.9 Å². The topological polar surface area (TPSA) is 62.5 Å². The maximum absolute atomic E-state index is 5.57. The van der Waals surface area contributed by atoms with Gasteiger partial charge in [0.2, 0.25) is 5.89 Å². The molecule has 0 bridgehead atoms. The quantitative estimate of drug-likeness (QED) is 0.635. The van der Waals surface area contributed by atoms with Crippen LogP contribution in [0.1, 0.15) is 32.0 Å².